The van der Waals surface area contributed by atoms with E-state index in [4.69, 9.17) is 23.4 Å². The number of hydrogen-bond acceptors (Lipinski definition) is 5. The Balaban J connectivity index is 0.000000690. The molecule has 9 heteroatoms. The molecule has 0 spiro atoms. The number of carbonyl (C=O) groups is 1. The summed E-state index contributed by atoms with van der Waals surface area (Å²) >= 11 is 0. The van der Waals surface area contributed by atoms with Crippen LogP contribution >= 0.6 is 0 Å². The Kier molecular flexibility index (Phi) is 6.77. The molecule has 0 aliphatic rings. The van der Waals surface area contributed by atoms with Crippen molar-refractivity contribution in [1.82, 2.24) is 5.43 Å². The van der Waals surface area contributed by atoms with Crippen molar-refractivity contribution in [3.05, 3.63) is 29.3 Å². The molecule has 8 nitrogen and oxygen atoms in total. The van der Waals surface area contributed by atoms with E-state index in [0.29, 0.717) is 0 Å². The molecule has 21 heavy (non-hydrogen) atoms. The van der Waals surface area contributed by atoms with Gasteiger partial charge in [0.2, 0.25) is 0 Å². The van der Waals surface area contributed by atoms with Crippen molar-refractivity contribution < 1.29 is 27.4 Å². The third-order valence-corrected chi connectivity index (χ3v) is 3.04. The number of hydrogen-bond donors (Lipinski definition) is 5. The number of carbonyl (C=O) groups excluding carboxylic acids is 1. The number of phenols is 1. The van der Waals surface area contributed by atoms with Crippen LogP contribution in [0.15, 0.2) is 18.2 Å². The zero-order valence-corrected chi connectivity index (χ0v) is 12.8. The molecular weight excluding hydrogens is 300 g/mol. The van der Waals surface area contributed by atoms with Crippen molar-refractivity contribution >= 4 is 16.3 Å². The molecule has 0 heterocycles. The third kappa shape index (κ3) is 7.04. The fraction of sp³-hybridized carbons (Fsp3) is 0.417. The first-order valence-corrected chi connectivity index (χ1v) is 7.36. The molecule has 1 aromatic carbocycles. The van der Waals surface area contributed by atoms with Crippen LogP contribution in [0.4, 0.5) is 0 Å². The molecule has 0 saturated heterocycles. The molecule has 0 fully saturated rings. The summed E-state index contributed by atoms with van der Waals surface area (Å²) in [5, 5.41) is 9.56. The molecule has 6 N–H and O–H groups in total. The third-order valence-electron chi connectivity index (χ3n) is 3.04. The number of amides is 1. The van der Waals surface area contributed by atoms with E-state index >= 15 is 0 Å². The van der Waals surface area contributed by atoms with E-state index in [-0.39, 0.29) is 16.7 Å². The summed E-state index contributed by atoms with van der Waals surface area (Å²) in [6, 6.07) is 5.03. The Labute approximate surface area is 123 Å². The molecule has 1 amide bonds. The van der Waals surface area contributed by atoms with Gasteiger partial charge in [0.25, 0.3) is 5.91 Å². The van der Waals surface area contributed by atoms with Crippen LogP contribution in [-0.2, 0) is 15.8 Å². The van der Waals surface area contributed by atoms with Gasteiger partial charge in [0.1, 0.15) is 5.75 Å². The molecule has 0 aliphatic carbocycles. The highest BCUT2D eigenvalue weighted by molar-refractivity contribution is 7.79. The monoisotopic (exact) mass is 320 g/mol. The summed E-state index contributed by atoms with van der Waals surface area (Å²) in [7, 11) is -4.67. The van der Waals surface area contributed by atoms with E-state index < -0.39 is 16.3 Å². The van der Waals surface area contributed by atoms with Gasteiger partial charge in [-0.1, -0.05) is 26.8 Å². The van der Waals surface area contributed by atoms with Crippen molar-refractivity contribution in [3.63, 3.8) is 0 Å². The van der Waals surface area contributed by atoms with Crippen molar-refractivity contribution in [2.45, 2.75) is 32.6 Å². The maximum Gasteiger partial charge on any atom is 0.394 e. The van der Waals surface area contributed by atoms with Gasteiger partial charge in [0, 0.05) is 0 Å². The van der Waals surface area contributed by atoms with Gasteiger partial charge in [-0.2, -0.15) is 8.42 Å². The van der Waals surface area contributed by atoms with Gasteiger partial charge in [-0.05, 0) is 29.5 Å². The summed E-state index contributed by atoms with van der Waals surface area (Å²) in [4.78, 5) is 11.4. The molecule has 0 atom stereocenters. The van der Waals surface area contributed by atoms with Crippen LogP contribution in [0.3, 0.4) is 0 Å². The Hall–Kier alpha value is -1.68. The van der Waals surface area contributed by atoms with Gasteiger partial charge in [0.15, 0.2) is 0 Å². The van der Waals surface area contributed by atoms with Gasteiger partial charge in [-0.3, -0.25) is 19.3 Å². The summed E-state index contributed by atoms with van der Waals surface area (Å²) in [5.74, 6) is 4.52. The zero-order valence-electron chi connectivity index (χ0n) is 12.0. The van der Waals surface area contributed by atoms with Crippen LogP contribution in [0.25, 0.3) is 0 Å². The number of nitrogens with two attached hydrogens (primary N) is 1. The number of benzene rings is 1. The summed E-state index contributed by atoms with van der Waals surface area (Å²) in [6.45, 7) is 6.25. The van der Waals surface area contributed by atoms with E-state index in [9.17, 15) is 9.90 Å². The number of nitrogens with one attached hydrogen (secondary N) is 1. The van der Waals surface area contributed by atoms with Gasteiger partial charge >= 0.3 is 10.4 Å². The number of rotatable bonds is 3. The minimum Gasteiger partial charge on any atom is -0.507 e. The van der Waals surface area contributed by atoms with Crippen LogP contribution in [0.1, 0.15) is 43.1 Å². The Morgan fingerprint density at radius 2 is 1.81 bits per heavy atom. The van der Waals surface area contributed by atoms with Crippen LogP contribution < -0.4 is 11.3 Å². The van der Waals surface area contributed by atoms with E-state index in [1.807, 2.05) is 11.5 Å². The first-order valence-electron chi connectivity index (χ1n) is 5.96. The molecule has 0 saturated carbocycles. The molecule has 0 aliphatic heterocycles. The van der Waals surface area contributed by atoms with Gasteiger partial charge < -0.3 is 5.11 Å². The molecule has 1 rings (SSSR count). The van der Waals surface area contributed by atoms with Gasteiger partial charge in [0.05, 0.1) is 5.56 Å². The predicted octanol–water partition coefficient (Wildman–Crippen LogP) is 1.03. The lowest BCUT2D eigenvalue weighted by Gasteiger charge is -2.24. The first-order chi connectivity index (χ1) is 9.42. The second kappa shape index (κ2) is 7.36. The average molecular weight is 320 g/mol. The summed E-state index contributed by atoms with van der Waals surface area (Å²) < 4.78 is 31.6. The van der Waals surface area contributed by atoms with E-state index in [2.05, 4.69) is 20.8 Å². The lowest BCUT2D eigenvalue weighted by molar-refractivity contribution is 0.0950. The molecule has 0 aromatic heterocycles. The Morgan fingerprint density at radius 3 is 2.19 bits per heavy atom. The second-order valence-corrected chi connectivity index (χ2v) is 5.79. The summed E-state index contributed by atoms with van der Waals surface area (Å²) in [5.41, 5.74) is 3.21. The number of phenolic OH excluding ortho intramolecular Hbond substituents is 1. The van der Waals surface area contributed by atoms with Crippen molar-refractivity contribution in [2.75, 3.05) is 0 Å². The minimum absolute atomic E-state index is 0.0304. The molecule has 0 bridgehead atoms. The molecule has 1 aromatic rings. The van der Waals surface area contributed by atoms with Crippen molar-refractivity contribution in [1.29, 1.82) is 0 Å². The van der Waals surface area contributed by atoms with Crippen LogP contribution in [-0.4, -0.2) is 28.5 Å². The molecule has 120 valence electrons. The van der Waals surface area contributed by atoms with Crippen LogP contribution in [0.2, 0.25) is 0 Å². The van der Waals surface area contributed by atoms with Gasteiger partial charge in [-0.15, -0.1) is 0 Å². The topological polar surface area (TPSA) is 150 Å². The highest BCUT2D eigenvalue weighted by Crippen LogP contribution is 2.30. The molecular formula is C12H20N2O6S. The zero-order chi connectivity index (χ0) is 16.8. The quantitative estimate of drug-likeness (QED) is 0.241. The molecule has 0 radical (unpaired) electrons. The number of hydrazine groups is 1. The second-order valence-electron chi connectivity index (χ2n) is 4.89. The highest BCUT2D eigenvalue weighted by Gasteiger charge is 2.20. The first kappa shape index (κ1) is 19.3. The fourth-order valence-corrected chi connectivity index (χ4v) is 1.42. The fourth-order valence-electron chi connectivity index (χ4n) is 1.42. The van der Waals surface area contributed by atoms with Crippen molar-refractivity contribution in [2.24, 2.45) is 5.84 Å². The lowest BCUT2D eigenvalue weighted by atomic mass is 9.81. The number of nitrogen functional groups attached to an aromatic ring is 1. The van der Waals surface area contributed by atoms with E-state index in [0.717, 1.165) is 12.0 Å². The Bertz CT molecular complexity index is 590. The largest absolute Gasteiger partial charge is 0.507 e. The van der Waals surface area contributed by atoms with Crippen LogP contribution in [0, 0.1) is 0 Å². The maximum atomic E-state index is 11.4. The van der Waals surface area contributed by atoms with Crippen molar-refractivity contribution in [3.8, 4) is 5.75 Å². The Morgan fingerprint density at radius 1 is 1.33 bits per heavy atom. The minimum atomic E-state index is -4.67. The SMILES string of the molecule is CCC(C)(C)c1ccc(O)c(C(=O)NN)c1.O=S(=O)(O)O. The standard InChI is InChI=1S/C12H18N2O2.H2O4S/c1-4-12(2,3)8-5-6-10(15)9(7-8)11(16)14-13;1-5(2,3)4/h5-7,15H,4,13H2,1-3H3,(H,14,16);(H2,1,2,3,4). The molecule has 0 unspecified atom stereocenters. The van der Waals surface area contributed by atoms with Crippen LogP contribution in [0.5, 0.6) is 5.75 Å². The maximum absolute atomic E-state index is 11.4. The summed E-state index contributed by atoms with van der Waals surface area (Å²) in [6.07, 6.45) is 0.946. The number of aromatic hydroxyl groups is 1. The average Bonchev–Trinajstić information content (AvgIpc) is 2.36. The van der Waals surface area contributed by atoms with E-state index in [1.165, 1.54) is 6.07 Å². The highest BCUT2D eigenvalue weighted by atomic mass is 32.3. The van der Waals surface area contributed by atoms with E-state index in [1.54, 1.807) is 6.07 Å². The van der Waals surface area contributed by atoms with Gasteiger partial charge in [-0.25, -0.2) is 5.84 Å². The predicted molar refractivity (Wildman–Crippen MR) is 77.3 cm³/mol. The lowest BCUT2D eigenvalue weighted by Crippen LogP contribution is -2.30. The normalized spacial score (nSPS) is 11.3. The smallest absolute Gasteiger partial charge is 0.394 e.